The van der Waals surface area contributed by atoms with Crippen molar-refractivity contribution in [1.29, 1.82) is 0 Å². The van der Waals surface area contributed by atoms with Gasteiger partial charge in [0.2, 0.25) is 0 Å². The Morgan fingerprint density at radius 3 is 2.18 bits per heavy atom. The number of hydrogen-bond donors (Lipinski definition) is 0. The van der Waals surface area contributed by atoms with Crippen molar-refractivity contribution in [3.63, 3.8) is 0 Å². The quantitative estimate of drug-likeness (QED) is 0.405. The van der Waals surface area contributed by atoms with E-state index in [2.05, 4.69) is 99.2 Å². The van der Waals surface area contributed by atoms with E-state index in [4.69, 9.17) is 0 Å². The van der Waals surface area contributed by atoms with Gasteiger partial charge in [0.15, 0.2) is 0 Å². The molecule has 33 heavy (non-hydrogen) atoms. The summed E-state index contributed by atoms with van der Waals surface area (Å²) >= 11 is 3.46. The average molecular weight is 588 g/mol. The molecule has 2 atom stereocenters. The molecule has 2 aliphatic heterocycles. The molecule has 4 aliphatic rings. The van der Waals surface area contributed by atoms with E-state index in [0.717, 1.165) is 5.54 Å². The third-order valence-electron chi connectivity index (χ3n) is 7.31. The van der Waals surface area contributed by atoms with Crippen molar-refractivity contribution in [1.82, 2.24) is 0 Å². The molecular formula is C28H29Cl2SSiZr. The first kappa shape index (κ1) is 26.9. The van der Waals surface area contributed by atoms with Crippen LogP contribution in [-0.4, -0.2) is 8.07 Å². The van der Waals surface area contributed by atoms with Gasteiger partial charge in [0.05, 0.1) is 8.07 Å². The summed E-state index contributed by atoms with van der Waals surface area (Å²) in [6.45, 7) is 11.9. The minimum absolute atomic E-state index is 0. The predicted molar refractivity (Wildman–Crippen MR) is 135 cm³/mol. The molecule has 7 rings (SSSR count). The van der Waals surface area contributed by atoms with Crippen LogP contribution in [0.3, 0.4) is 0 Å². The molecular weight excluding hydrogens is 559 g/mol. The molecule has 0 radical (unpaired) electrons. The Morgan fingerprint density at radius 2 is 1.58 bits per heavy atom. The van der Waals surface area contributed by atoms with Gasteiger partial charge in [-0.2, -0.15) is 11.3 Å². The van der Waals surface area contributed by atoms with Crippen LogP contribution in [0.1, 0.15) is 52.2 Å². The topological polar surface area (TPSA) is 0 Å². The van der Waals surface area contributed by atoms with E-state index in [0.29, 0.717) is 9.54 Å². The monoisotopic (exact) mass is 585 g/mol. The first-order valence-corrected chi connectivity index (χ1v) is 16.6. The second kappa shape index (κ2) is 10.1. The Hall–Kier alpha value is -0.700. The van der Waals surface area contributed by atoms with Gasteiger partial charge in [-0.25, -0.2) is 0 Å². The van der Waals surface area contributed by atoms with Gasteiger partial charge in [-0.1, -0.05) is 23.9 Å². The fraction of sp³-hybridized carbons (Fsp3) is 0.286. The maximum absolute atomic E-state index is 2.50. The van der Waals surface area contributed by atoms with Gasteiger partial charge in [0.1, 0.15) is 0 Å². The van der Waals surface area contributed by atoms with Crippen LogP contribution in [0.15, 0.2) is 70.4 Å². The van der Waals surface area contributed by atoms with Gasteiger partial charge in [-0.05, 0) is 28.8 Å². The molecule has 3 heterocycles. The maximum atomic E-state index is 2.50. The first-order chi connectivity index (χ1) is 14.8. The van der Waals surface area contributed by atoms with Crippen LogP contribution >= 0.6 is 11.3 Å². The van der Waals surface area contributed by atoms with Gasteiger partial charge >= 0.3 is 131 Å². The number of allylic oxidation sites excluding steroid dienone is 2. The number of halogens is 2. The average Bonchev–Trinajstić information content (AvgIpc) is 3.45. The van der Waals surface area contributed by atoms with E-state index in [1.165, 1.54) is 22.3 Å². The summed E-state index contributed by atoms with van der Waals surface area (Å²) in [6, 6.07) is 17.5. The maximum Gasteiger partial charge on any atom is 0.0931 e. The molecule has 0 spiro atoms. The standard InChI is InChI=1S/C18H17.C10H12SSi.2ClH.Zr/c1-13(2)16-11-15-9-6-10-17(18(15)12-16)14-7-4-3-5-8-14;1-6-9-7-4-11-5-8(7)10(6)12(9,2)3;;;/h3-13H,1-2H3;4-5,9H,1-3H3;2*1H;/q;;;;+2/p-2. The van der Waals surface area contributed by atoms with Crippen molar-refractivity contribution in [3.05, 3.63) is 92.7 Å². The molecule has 169 valence electrons. The summed E-state index contributed by atoms with van der Waals surface area (Å²) in [6.07, 6.45) is 2.43. The van der Waals surface area contributed by atoms with E-state index in [9.17, 15) is 0 Å². The summed E-state index contributed by atoms with van der Waals surface area (Å²) in [4.78, 5) is 0. The molecule has 1 aromatic heterocycles. The summed E-state index contributed by atoms with van der Waals surface area (Å²) < 4.78 is 0.644. The van der Waals surface area contributed by atoms with Crippen molar-refractivity contribution in [2.45, 2.75) is 43.0 Å². The SMILES string of the molecule is CC(C)C1=Cc2c(-c3ccccc3)cccc2[CH]1[Zr+2].CC1=C2c3cscc3C1[Si]2(C)C.[Cl-].[Cl-]. The van der Waals surface area contributed by atoms with E-state index in [1.54, 1.807) is 52.2 Å². The molecule has 0 saturated heterocycles. The molecule has 5 heteroatoms. The van der Waals surface area contributed by atoms with Gasteiger partial charge in [-0.15, -0.1) is 0 Å². The molecule has 0 amide bonds. The third-order valence-corrected chi connectivity index (χ3v) is 13.8. The van der Waals surface area contributed by atoms with Crippen LogP contribution in [0.25, 0.3) is 22.4 Å². The largest absolute Gasteiger partial charge is 1.00 e. The molecule has 3 aromatic rings. The van der Waals surface area contributed by atoms with Crippen LogP contribution in [0.4, 0.5) is 0 Å². The molecule has 0 fully saturated rings. The number of fused-ring (bicyclic) bond motifs is 1. The molecule has 0 nitrogen and oxygen atoms in total. The minimum atomic E-state index is -0.976. The minimum Gasteiger partial charge on any atom is -1.00 e. The predicted octanol–water partition coefficient (Wildman–Crippen LogP) is 2.42. The molecule has 0 N–H and O–H groups in total. The van der Waals surface area contributed by atoms with Crippen LogP contribution in [0.5, 0.6) is 0 Å². The third kappa shape index (κ3) is 4.27. The Morgan fingerprint density at radius 1 is 0.879 bits per heavy atom. The van der Waals surface area contributed by atoms with Gasteiger partial charge in [0, 0.05) is 5.54 Å². The Bertz CT molecular complexity index is 1220. The number of rotatable bonds is 2. The second-order valence-corrected chi connectivity index (χ2v) is 16.5. The number of hydrogen-bond acceptors (Lipinski definition) is 1. The molecule has 0 saturated carbocycles. The van der Waals surface area contributed by atoms with E-state index in [1.807, 2.05) is 11.3 Å². The molecule has 2 aliphatic carbocycles. The van der Waals surface area contributed by atoms with E-state index < -0.39 is 8.07 Å². The zero-order valence-electron chi connectivity index (χ0n) is 19.7. The summed E-state index contributed by atoms with van der Waals surface area (Å²) in [7, 11) is -0.976. The molecule has 2 bridgehead atoms. The fourth-order valence-corrected chi connectivity index (χ4v) is 13.1. The summed E-state index contributed by atoms with van der Waals surface area (Å²) in [5.41, 5.74) is 13.1. The van der Waals surface area contributed by atoms with Gasteiger partial charge in [-0.3, -0.25) is 0 Å². The van der Waals surface area contributed by atoms with Crippen molar-refractivity contribution in [3.8, 4) is 11.1 Å². The Balaban J connectivity index is 0.000000190. The Kier molecular flexibility index (Phi) is 8.24. The second-order valence-electron chi connectivity index (χ2n) is 9.86. The van der Waals surface area contributed by atoms with Crippen LogP contribution in [-0.2, 0) is 24.7 Å². The summed E-state index contributed by atoms with van der Waals surface area (Å²) in [5.74, 6) is 0.639. The number of thiophene rings is 1. The van der Waals surface area contributed by atoms with Crippen LogP contribution in [0.2, 0.25) is 13.1 Å². The zero-order valence-corrected chi connectivity index (χ0v) is 25.5. The van der Waals surface area contributed by atoms with E-state index >= 15 is 0 Å². The van der Waals surface area contributed by atoms with Crippen molar-refractivity contribution >= 4 is 30.7 Å². The normalized spacial score (nSPS) is 20.5. The number of benzene rings is 2. The smallest absolute Gasteiger partial charge is 0.0931 e. The molecule has 2 unspecified atom stereocenters. The zero-order chi connectivity index (χ0) is 21.9. The van der Waals surface area contributed by atoms with Crippen LogP contribution < -0.4 is 24.8 Å². The van der Waals surface area contributed by atoms with Crippen molar-refractivity contribution < 1.29 is 49.5 Å². The van der Waals surface area contributed by atoms with Crippen LogP contribution in [0, 0.1) is 5.92 Å². The van der Waals surface area contributed by atoms with Gasteiger partial charge in [0.25, 0.3) is 0 Å². The first-order valence-electron chi connectivity index (χ1n) is 11.2. The van der Waals surface area contributed by atoms with E-state index in [-0.39, 0.29) is 24.8 Å². The van der Waals surface area contributed by atoms with Gasteiger partial charge < -0.3 is 24.8 Å². The molecule has 2 aromatic carbocycles. The fourth-order valence-electron chi connectivity index (χ4n) is 5.97. The van der Waals surface area contributed by atoms with Crippen molar-refractivity contribution in [2.24, 2.45) is 5.92 Å². The van der Waals surface area contributed by atoms with Crippen molar-refractivity contribution in [2.75, 3.05) is 0 Å². The summed E-state index contributed by atoms with van der Waals surface area (Å²) in [5, 5.41) is 6.47. The Labute approximate surface area is 231 Å².